The van der Waals surface area contributed by atoms with E-state index in [4.69, 9.17) is 5.11 Å². The van der Waals surface area contributed by atoms with Gasteiger partial charge in [0.05, 0.1) is 6.42 Å². The number of carboxylic acid groups (broad SMARTS) is 1. The monoisotopic (exact) mass is 234 g/mol. The summed E-state index contributed by atoms with van der Waals surface area (Å²) >= 11 is 0. The molecule has 0 heterocycles. The van der Waals surface area contributed by atoms with Crippen LogP contribution in [0.5, 0.6) is 0 Å². The Balaban J connectivity index is 2.79. The Kier molecular flexibility index (Phi) is 4.05. The minimum Gasteiger partial charge on any atom is -0.481 e. The maximum Gasteiger partial charge on any atom is 0.307 e. The van der Waals surface area contributed by atoms with Crippen molar-refractivity contribution in [3.63, 3.8) is 0 Å². The summed E-state index contributed by atoms with van der Waals surface area (Å²) < 4.78 is 0. The van der Waals surface area contributed by atoms with Gasteiger partial charge in [-0.2, -0.15) is 0 Å². The first-order valence-corrected chi connectivity index (χ1v) is 5.62. The zero-order chi connectivity index (χ0) is 13.1. The molecule has 0 bridgehead atoms. The molecule has 0 saturated carbocycles. The van der Waals surface area contributed by atoms with E-state index >= 15 is 0 Å². The van der Waals surface area contributed by atoms with Crippen molar-refractivity contribution in [3.8, 4) is 0 Å². The summed E-state index contributed by atoms with van der Waals surface area (Å²) in [4.78, 5) is 22.4. The molecule has 3 nitrogen and oxygen atoms in total. The van der Waals surface area contributed by atoms with Crippen LogP contribution in [-0.2, 0) is 22.4 Å². The van der Waals surface area contributed by atoms with Gasteiger partial charge in [-0.3, -0.25) is 9.59 Å². The highest BCUT2D eigenvalue weighted by Gasteiger charge is 2.21. The third-order valence-corrected chi connectivity index (χ3v) is 2.55. The zero-order valence-corrected chi connectivity index (χ0v) is 10.5. The van der Waals surface area contributed by atoms with Crippen LogP contribution in [0.25, 0.3) is 0 Å². The van der Waals surface area contributed by atoms with Gasteiger partial charge in [0.25, 0.3) is 0 Å². The minimum absolute atomic E-state index is 0.00243. The Hall–Kier alpha value is -1.64. The molecule has 0 unspecified atom stereocenters. The van der Waals surface area contributed by atoms with Crippen molar-refractivity contribution in [2.75, 3.05) is 0 Å². The smallest absolute Gasteiger partial charge is 0.307 e. The summed E-state index contributed by atoms with van der Waals surface area (Å²) in [5.74, 6) is -0.700. The topological polar surface area (TPSA) is 54.4 Å². The van der Waals surface area contributed by atoms with Gasteiger partial charge < -0.3 is 5.11 Å². The SMILES string of the molecule is CC(C)(C)C(=O)Cc1cccc(CC(=O)O)c1. The molecular formula is C14H18O3. The number of carbonyl (C=O) groups excluding carboxylic acids is 1. The van der Waals surface area contributed by atoms with Crippen LogP contribution in [0.3, 0.4) is 0 Å². The highest BCUT2D eigenvalue weighted by Crippen LogP contribution is 2.18. The Bertz CT molecular complexity index is 427. The van der Waals surface area contributed by atoms with Gasteiger partial charge in [0.2, 0.25) is 0 Å². The highest BCUT2D eigenvalue weighted by atomic mass is 16.4. The van der Waals surface area contributed by atoms with Crippen LogP contribution in [0.1, 0.15) is 31.9 Å². The fourth-order valence-electron chi connectivity index (χ4n) is 1.47. The van der Waals surface area contributed by atoms with Crippen LogP contribution in [0.4, 0.5) is 0 Å². The van der Waals surface area contributed by atoms with Crippen LogP contribution < -0.4 is 0 Å². The minimum atomic E-state index is -0.857. The lowest BCUT2D eigenvalue weighted by Crippen LogP contribution is -2.22. The molecule has 1 rings (SSSR count). The molecule has 1 aromatic rings. The Morgan fingerprint density at radius 1 is 1.12 bits per heavy atom. The van der Waals surface area contributed by atoms with Crippen molar-refractivity contribution < 1.29 is 14.7 Å². The molecule has 0 radical (unpaired) electrons. The quantitative estimate of drug-likeness (QED) is 0.870. The van der Waals surface area contributed by atoms with Crippen molar-refractivity contribution in [3.05, 3.63) is 35.4 Å². The van der Waals surface area contributed by atoms with Crippen LogP contribution in [0.15, 0.2) is 24.3 Å². The molecule has 17 heavy (non-hydrogen) atoms. The number of carbonyl (C=O) groups is 2. The van der Waals surface area contributed by atoms with Crippen molar-refractivity contribution in [1.29, 1.82) is 0 Å². The predicted molar refractivity (Wildman–Crippen MR) is 65.9 cm³/mol. The first-order valence-electron chi connectivity index (χ1n) is 5.62. The maximum atomic E-state index is 11.9. The number of carboxylic acids is 1. The summed E-state index contributed by atoms with van der Waals surface area (Å²) in [7, 11) is 0. The molecule has 1 N–H and O–H groups in total. The summed E-state index contributed by atoms with van der Waals surface area (Å²) in [6.07, 6.45) is 0.356. The fraction of sp³-hybridized carbons (Fsp3) is 0.429. The summed E-state index contributed by atoms with van der Waals surface area (Å²) in [5.41, 5.74) is 1.25. The van der Waals surface area contributed by atoms with Crippen molar-refractivity contribution in [1.82, 2.24) is 0 Å². The Morgan fingerprint density at radius 2 is 1.65 bits per heavy atom. The van der Waals surface area contributed by atoms with E-state index in [-0.39, 0.29) is 17.6 Å². The third kappa shape index (κ3) is 4.39. The molecule has 1 aromatic carbocycles. The number of rotatable bonds is 4. The molecule has 0 aliphatic heterocycles. The molecule has 0 amide bonds. The van der Waals surface area contributed by atoms with Crippen molar-refractivity contribution >= 4 is 11.8 Å². The summed E-state index contributed by atoms with van der Waals surface area (Å²) in [6, 6.07) is 7.20. The number of hydrogen-bond donors (Lipinski definition) is 1. The van der Waals surface area contributed by atoms with Gasteiger partial charge in [-0.15, -0.1) is 0 Å². The second-order valence-electron chi connectivity index (χ2n) is 5.24. The number of hydrogen-bond acceptors (Lipinski definition) is 2. The van der Waals surface area contributed by atoms with Crippen molar-refractivity contribution in [2.24, 2.45) is 5.41 Å². The van der Waals surface area contributed by atoms with Crippen LogP contribution >= 0.6 is 0 Å². The first-order chi connectivity index (χ1) is 7.79. The van der Waals surface area contributed by atoms with Crippen LogP contribution in [-0.4, -0.2) is 16.9 Å². The zero-order valence-electron chi connectivity index (χ0n) is 10.5. The number of ketones is 1. The van der Waals surface area contributed by atoms with E-state index in [0.29, 0.717) is 6.42 Å². The second-order valence-corrected chi connectivity index (χ2v) is 5.24. The van der Waals surface area contributed by atoms with E-state index in [1.165, 1.54) is 0 Å². The van der Waals surface area contributed by atoms with Gasteiger partial charge in [0.1, 0.15) is 5.78 Å². The molecular weight excluding hydrogens is 216 g/mol. The largest absolute Gasteiger partial charge is 0.481 e. The standard InChI is InChI=1S/C14H18O3/c1-14(2,3)12(15)8-10-5-4-6-11(7-10)9-13(16)17/h4-7H,8-9H2,1-3H3,(H,16,17). The molecule has 0 atom stereocenters. The van der Waals surface area contributed by atoms with Crippen LogP contribution in [0, 0.1) is 5.41 Å². The van der Waals surface area contributed by atoms with Gasteiger partial charge in [-0.25, -0.2) is 0 Å². The highest BCUT2D eigenvalue weighted by molar-refractivity contribution is 5.85. The fourth-order valence-corrected chi connectivity index (χ4v) is 1.47. The molecule has 3 heteroatoms. The van der Waals surface area contributed by atoms with Gasteiger partial charge in [0.15, 0.2) is 0 Å². The molecule has 0 aliphatic carbocycles. The molecule has 0 aliphatic rings. The maximum absolute atomic E-state index is 11.9. The van der Waals surface area contributed by atoms with E-state index in [1.807, 2.05) is 26.8 Å². The molecule has 0 aromatic heterocycles. The van der Waals surface area contributed by atoms with Gasteiger partial charge in [-0.05, 0) is 11.1 Å². The lowest BCUT2D eigenvalue weighted by Gasteiger charge is -2.16. The Labute approximate surface area is 101 Å². The van der Waals surface area contributed by atoms with Gasteiger partial charge in [-0.1, -0.05) is 45.0 Å². The van der Waals surface area contributed by atoms with Crippen molar-refractivity contribution in [2.45, 2.75) is 33.6 Å². The molecule has 92 valence electrons. The van der Waals surface area contributed by atoms with E-state index in [9.17, 15) is 9.59 Å². The third-order valence-electron chi connectivity index (χ3n) is 2.55. The van der Waals surface area contributed by atoms with E-state index in [2.05, 4.69) is 0 Å². The van der Waals surface area contributed by atoms with Crippen LogP contribution in [0.2, 0.25) is 0 Å². The van der Waals surface area contributed by atoms with E-state index in [0.717, 1.165) is 11.1 Å². The number of benzene rings is 1. The van der Waals surface area contributed by atoms with E-state index in [1.54, 1.807) is 18.2 Å². The molecule has 0 fully saturated rings. The number of Topliss-reactive ketones (excluding diaryl/α,β-unsaturated/α-hetero) is 1. The van der Waals surface area contributed by atoms with E-state index < -0.39 is 5.97 Å². The average molecular weight is 234 g/mol. The normalized spacial score (nSPS) is 11.2. The Morgan fingerprint density at radius 3 is 2.12 bits per heavy atom. The summed E-state index contributed by atoms with van der Waals surface area (Å²) in [6.45, 7) is 5.66. The number of aliphatic carboxylic acids is 1. The lowest BCUT2D eigenvalue weighted by atomic mass is 9.87. The second kappa shape index (κ2) is 5.13. The predicted octanol–water partition coefficient (Wildman–Crippen LogP) is 2.47. The summed E-state index contributed by atoms with van der Waals surface area (Å²) in [5, 5.41) is 8.70. The first kappa shape index (κ1) is 13.4. The lowest BCUT2D eigenvalue weighted by molar-refractivity contribution is -0.136. The molecule has 0 spiro atoms. The average Bonchev–Trinajstić information content (AvgIpc) is 2.15. The van der Waals surface area contributed by atoms with Gasteiger partial charge in [0, 0.05) is 11.8 Å². The molecule has 0 saturated heterocycles. The van der Waals surface area contributed by atoms with Gasteiger partial charge >= 0.3 is 5.97 Å².